The van der Waals surface area contributed by atoms with Crippen LogP contribution in [-0.2, 0) is 17.6 Å². The number of aliphatic imine (C=N–C) groups is 2. The van der Waals surface area contributed by atoms with Gasteiger partial charge in [-0.15, -0.1) is 0 Å². The van der Waals surface area contributed by atoms with Gasteiger partial charge in [0.15, 0.2) is 17.4 Å². The molecule has 1 aromatic rings. The Balaban J connectivity index is 1.99. The maximum Gasteiger partial charge on any atom is 0.200 e. The molecule has 0 unspecified atom stereocenters. The number of nitrogens with zero attached hydrogens (tertiary/aromatic N) is 2. The summed E-state index contributed by atoms with van der Waals surface area (Å²) in [7, 11) is 0. The zero-order valence-corrected chi connectivity index (χ0v) is 13.5. The average Bonchev–Trinajstić information content (AvgIpc) is 2.59. The number of fused-ring (bicyclic) bond motifs is 1. The Morgan fingerprint density at radius 3 is 2.61 bits per heavy atom. The van der Waals surface area contributed by atoms with Crippen LogP contribution in [0, 0.1) is 0 Å². The van der Waals surface area contributed by atoms with Crippen molar-refractivity contribution in [1.82, 2.24) is 0 Å². The third-order valence-corrected chi connectivity index (χ3v) is 3.99. The number of carbonyl (C=O) groups is 2. The topological polar surface area (TPSA) is 58.9 Å². The van der Waals surface area contributed by atoms with Gasteiger partial charge in [-0.3, -0.25) is 9.59 Å². The third kappa shape index (κ3) is 4.55. The van der Waals surface area contributed by atoms with Gasteiger partial charge in [-0.1, -0.05) is 18.2 Å². The van der Waals surface area contributed by atoms with Gasteiger partial charge in [-0.05, 0) is 56.5 Å². The molecule has 0 heterocycles. The standard InChI is InChI=1S/C19H22N2O2/c1-3-12-21-19(20-2)18(23)11-10-17(22)16-9-8-14-6-4-5-7-15(14)13-16/h3,8-9,12-13H,2,4-7,10-11H2,1H3/b12-3-,21-19-. The minimum absolute atomic E-state index is 0.0128. The molecule has 0 atom stereocenters. The highest BCUT2D eigenvalue weighted by molar-refractivity contribution is 6.40. The zero-order chi connectivity index (χ0) is 16.7. The van der Waals surface area contributed by atoms with E-state index in [2.05, 4.69) is 16.7 Å². The molecule has 1 aromatic carbocycles. The van der Waals surface area contributed by atoms with E-state index in [0.717, 1.165) is 12.8 Å². The largest absolute Gasteiger partial charge is 0.294 e. The van der Waals surface area contributed by atoms with Crippen molar-refractivity contribution in [3.63, 3.8) is 0 Å². The molecule has 0 aliphatic heterocycles. The van der Waals surface area contributed by atoms with Gasteiger partial charge in [0.25, 0.3) is 0 Å². The van der Waals surface area contributed by atoms with Gasteiger partial charge >= 0.3 is 0 Å². The first-order chi connectivity index (χ1) is 11.2. The number of hydrogen-bond donors (Lipinski definition) is 0. The summed E-state index contributed by atoms with van der Waals surface area (Å²) in [5, 5.41) is 0. The quantitative estimate of drug-likeness (QED) is 0.456. The monoisotopic (exact) mass is 310 g/mol. The van der Waals surface area contributed by atoms with Gasteiger partial charge in [-0.2, -0.15) is 0 Å². The van der Waals surface area contributed by atoms with E-state index in [1.165, 1.54) is 30.2 Å². The molecule has 0 amide bonds. The Bertz CT molecular complexity index is 672. The van der Waals surface area contributed by atoms with Crippen LogP contribution in [0.1, 0.15) is 54.1 Å². The lowest BCUT2D eigenvalue weighted by atomic mass is 9.89. The van der Waals surface area contributed by atoms with E-state index in [9.17, 15) is 9.59 Å². The van der Waals surface area contributed by atoms with Gasteiger partial charge in [0.2, 0.25) is 0 Å². The lowest BCUT2D eigenvalue weighted by Crippen LogP contribution is -2.13. The van der Waals surface area contributed by atoms with Crippen LogP contribution >= 0.6 is 0 Å². The number of benzene rings is 1. The minimum atomic E-state index is -0.260. The third-order valence-electron chi connectivity index (χ3n) is 3.99. The van der Waals surface area contributed by atoms with Crippen molar-refractivity contribution in [3.05, 3.63) is 47.2 Å². The maximum atomic E-state index is 12.3. The first-order valence-corrected chi connectivity index (χ1v) is 7.99. The smallest absolute Gasteiger partial charge is 0.200 e. The summed E-state index contributed by atoms with van der Waals surface area (Å²) in [6.07, 6.45) is 8.00. The van der Waals surface area contributed by atoms with E-state index in [0.29, 0.717) is 5.56 Å². The number of rotatable bonds is 6. The van der Waals surface area contributed by atoms with Crippen LogP contribution in [-0.4, -0.2) is 24.1 Å². The van der Waals surface area contributed by atoms with E-state index < -0.39 is 0 Å². The molecule has 120 valence electrons. The molecule has 4 nitrogen and oxygen atoms in total. The van der Waals surface area contributed by atoms with E-state index in [4.69, 9.17) is 0 Å². The minimum Gasteiger partial charge on any atom is -0.294 e. The Morgan fingerprint density at radius 2 is 1.91 bits per heavy atom. The van der Waals surface area contributed by atoms with E-state index >= 15 is 0 Å². The highest BCUT2D eigenvalue weighted by Gasteiger charge is 2.15. The van der Waals surface area contributed by atoms with Crippen molar-refractivity contribution < 1.29 is 9.59 Å². The summed E-state index contributed by atoms with van der Waals surface area (Å²) in [4.78, 5) is 31.8. The predicted molar refractivity (Wildman–Crippen MR) is 93.5 cm³/mol. The fraction of sp³-hybridized carbons (Fsp3) is 0.368. The summed E-state index contributed by atoms with van der Waals surface area (Å²) in [6, 6.07) is 5.91. The van der Waals surface area contributed by atoms with Crippen molar-refractivity contribution in [2.24, 2.45) is 9.98 Å². The second-order valence-corrected chi connectivity index (χ2v) is 5.63. The number of ketones is 2. The molecule has 23 heavy (non-hydrogen) atoms. The second kappa shape index (κ2) is 8.32. The Morgan fingerprint density at radius 1 is 1.17 bits per heavy atom. The van der Waals surface area contributed by atoms with E-state index in [1.807, 2.05) is 18.2 Å². The molecule has 0 saturated heterocycles. The van der Waals surface area contributed by atoms with Gasteiger partial charge in [0.1, 0.15) is 0 Å². The van der Waals surface area contributed by atoms with Crippen molar-refractivity contribution in [1.29, 1.82) is 0 Å². The molecule has 0 radical (unpaired) electrons. The second-order valence-electron chi connectivity index (χ2n) is 5.63. The SMILES string of the molecule is C=N/C(=N\C=C/C)C(=O)CCC(=O)c1ccc2c(c1)CCCC2. The zero-order valence-electron chi connectivity index (χ0n) is 13.5. The fourth-order valence-corrected chi connectivity index (χ4v) is 2.74. The number of aryl methyl sites for hydroxylation is 2. The van der Waals surface area contributed by atoms with Gasteiger partial charge in [0, 0.05) is 24.6 Å². The summed E-state index contributed by atoms with van der Waals surface area (Å²) in [6.45, 7) is 5.15. The fourth-order valence-electron chi connectivity index (χ4n) is 2.74. The van der Waals surface area contributed by atoms with Gasteiger partial charge in [-0.25, -0.2) is 9.98 Å². The van der Waals surface area contributed by atoms with Crippen LogP contribution in [0.4, 0.5) is 0 Å². The molecule has 1 aliphatic rings. The van der Waals surface area contributed by atoms with Gasteiger partial charge < -0.3 is 0 Å². The molecular formula is C19H22N2O2. The van der Waals surface area contributed by atoms with Crippen LogP contribution in [0.3, 0.4) is 0 Å². The van der Waals surface area contributed by atoms with Crippen molar-refractivity contribution in [2.75, 3.05) is 0 Å². The molecule has 0 aromatic heterocycles. The van der Waals surface area contributed by atoms with Crippen LogP contribution in [0.25, 0.3) is 0 Å². The lowest BCUT2D eigenvalue weighted by molar-refractivity contribution is -0.113. The number of hydrogen-bond acceptors (Lipinski definition) is 3. The van der Waals surface area contributed by atoms with Crippen LogP contribution < -0.4 is 0 Å². The molecular weight excluding hydrogens is 288 g/mol. The molecule has 0 saturated carbocycles. The summed E-state index contributed by atoms with van der Waals surface area (Å²) < 4.78 is 0. The number of carbonyl (C=O) groups excluding carboxylic acids is 2. The Labute approximate surface area is 137 Å². The number of allylic oxidation sites excluding steroid dienone is 1. The van der Waals surface area contributed by atoms with E-state index in [-0.39, 0.29) is 30.2 Å². The first kappa shape index (κ1) is 17.0. The highest BCUT2D eigenvalue weighted by Crippen LogP contribution is 2.23. The van der Waals surface area contributed by atoms with Crippen LogP contribution in [0.2, 0.25) is 0 Å². The molecule has 0 fully saturated rings. The van der Waals surface area contributed by atoms with Crippen molar-refractivity contribution >= 4 is 24.1 Å². The Kier molecular flexibility index (Phi) is 6.15. The summed E-state index contributed by atoms with van der Waals surface area (Å²) in [5.41, 5.74) is 3.31. The summed E-state index contributed by atoms with van der Waals surface area (Å²) >= 11 is 0. The number of Topliss-reactive ketones (excluding diaryl/α,β-unsaturated/α-hetero) is 2. The Hall–Kier alpha value is -2.36. The molecule has 0 spiro atoms. The number of amidine groups is 1. The highest BCUT2D eigenvalue weighted by atomic mass is 16.1. The average molecular weight is 310 g/mol. The van der Waals surface area contributed by atoms with Crippen LogP contribution in [0.15, 0.2) is 40.5 Å². The van der Waals surface area contributed by atoms with Gasteiger partial charge in [0.05, 0.1) is 0 Å². The normalized spacial score (nSPS) is 14.6. The molecule has 4 heteroatoms. The van der Waals surface area contributed by atoms with Crippen molar-refractivity contribution in [3.8, 4) is 0 Å². The summed E-state index contributed by atoms with van der Waals surface area (Å²) in [5.74, 6) is -0.216. The molecule has 0 bridgehead atoms. The molecule has 0 N–H and O–H groups in total. The first-order valence-electron chi connectivity index (χ1n) is 7.99. The van der Waals surface area contributed by atoms with E-state index in [1.54, 1.807) is 13.0 Å². The predicted octanol–water partition coefficient (Wildman–Crippen LogP) is 3.73. The van der Waals surface area contributed by atoms with Crippen molar-refractivity contribution in [2.45, 2.75) is 45.4 Å². The lowest BCUT2D eigenvalue weighted by Gasteiger charge is -2.16. The molecule has 2 rings (SSSR count). The maximum absolute atomic E-state index is 12.3. The van der Waals surface area contributed by atoms with Crippen LogP contribution in [0.5, 0.6) is 0 Å². The molecule has 1 aliphatic carbocycles.